The zero-order valence-electron chi connectivity index (χ0n) is 20.5. The van der Waals surface area contributed by atoms with Crippen LogP contribution in [0.5, 0.6) is 17.2 Å². The molecule has 0 aliphatic carbocycles. The molecule has 0 spiro atoms. The number of Topliss-reactive ketones (excluding diaryl/α,β-unsaturated/α-hetero) is 1. The summed E-state index contributed by atoms with van der Waals surface area (Å²) in [7, 11) is 3.02. The number of hydrogen-bond acceptors (Lipinski definition) is 7. The van der Waals surface area contributed by atoms with Crippen LogP contribution in [0.3, 0.4) is 0 Å². The topological polar surface area (TPSA) is 94.5 Å². The smallest absolute Gasteiger partial charge is 0.295 e. The van der Waals surface area contributed by atoms with Crippen LogP contribution in [0.15, 0.2) is 42.0 Å². The van der Waals surface area contributed by atoms with E-state index in [2.05, 4.69) is 0 Å². The van der Waals surface area contributed by atoms with Crippen LogP contribution in [0.2, 0.25) is 0 Å². The first-order valence-corrected chi connectivity index (χ1v) is 11.7. The van der Waals surface area contributed by atoms with Gasteiger partial charge in [-0.3, -0.25) is 9.59 Å². The van der Waals surface area contributed by atoms with E-state index in [1.165, 1.54) is 19.1 Å². The number of carbonyl (C=O) groups excluding carboxylic acids is 2. The molecular formula is C27H31NO7. The Bertz CT molecular complexity index is 1150. The van der Waals surface area contributed by atoms with Crippen LogP contribution in [-0.4, -0.2) is 61.8 Å². The van der Waals surface area contributed by atoms with Crippen LogP contribution in [0.4, 0.5) is 0 Å². The predicted molar refractivity (Wildman–Crippen MR) is 130 cm³/mol. The van der Waals surface area contributed by atoms with E-state index in [1.54, 1.807) is 30.3 Å². The molecule has 2 heterocycles. The van der Waals surface area contributed by atoms with Crippen molar-refractivity contribution in [2.75, 3.05) is 34.0 Å². The third kappa shape index (κ3) is 4.71. The number of aliphatic hydroxyl groups is 1. The zero-order valence-corrected chi connectivity index (χ0v) is 20.5. The number of ether oxygens (including phenoxy) is 4. The largest absolute Gasteiger partial charge is 0.507 e. The van der Waals surface area contributed by atoms with Gasteiger partial charge < -0.3 is 29.0 Å². The van der Waals surface area contributed by atoms with Crippen molar-refractivity contribution in [2.45, 2.75) is 38.8 Å². The van der Waals surface area contributed by atoms with Gasteiger partial charge >= 0.3 is 0 Å². The van der Waals surface area contributed by atoms with Crippen LogP contribution in [0.1, 0.15) is 42.5 Å². The van der Waals surface area contributed by atoms with Crippen molar-refractivity contribution in [1.82, 2.24) is 4.90 Å². The maximum absolute atomic E-state index is 13.3. The number of aryl methyl sites for hydroxylation is 1. The Labute approximate surface area is 205 Å². The van der Waals surface area contributed by atoms with Crippen LogP contribution >= 0.6 is 0 Å². The standard InChI is InChI=1S/C27H31NO7/c1-5-34-21-11-9-17(14-22(21)33-4)24-23(25(29)19-13-16(2)8-10-20(19)32-3)26(30)27(31)28(24)15-18-7-6-12-35-18/h8-11,13-14,18,24,29H,5-7,12,15H2,1-4H3/b25-23+. The molecule has 0 saturated carbocycles. The number of benzene rings is 2. The lowest BCUT2D eigenvalue weighted by Crippen LogP contribution is -2.36. The van der Waals surface area contributed by atoms with Crippen LogP contribution in [0.25, 0.3) is 5.76 Å². The van der Waals surface area contributed by atoms with Gasteiger partial charge in [0.25, 0.3) is 11.7 Å². The first kappa shape index (κ1) is 24.6. The van der Waals surface area contributed by atoms with E-state index in [0.29, 0.717) is 41.6 Å². The van der Waals surface area contributed by atoms with Crippen LogP contribution < -0.4 is 14.2 Å². The summed E-state index contributed by atoms with van der Waals surface area (Å²) in [6.45, 7) is 5.07. The van der Waals surface area contributed by atoms with Gasteiger partial charge in [-0.2, -0.15) is 0 Å². The fourth-order valence-electron chi connectivity index (χ4n) is 4.70. The highest BCUT2D eigenvalue weighted by Gasteiger charge is 2.47. The van der Waals surface area contributed by atoms with Crippen LogP contribution in [-0.2, 0) is 14.3 Å². The van der Waals surface area contributed by atoms with E-state index < -0.39 is 17.7 Å². The molecule has 2 aliphatic rings. The summed E-state index contributed by atoms with van der Waals surface area (Å²) in [6, 6.07) is 9.75. The second kappa shape index (κ2) is 10.4. The lowest BCUT2D eigenvalue weighted by atomic mass is 9.94. The number of likely N-dealkylation sites (tertiary alicyclic amines) is 1. The molecular weight excluding hydrogens is 450 g/mol. The Balaban J connectivity index is 1.89. The number of hydrogen-bond donors (Lipinski definition) is 1. The van der Waals surface area contributed by atoms with Crippen LogP contribution in [0, 0.1) is 6.92 Å². The molecule has 0 aromatic heterocycles. The third-order valence-corrected chi connectivity index (χ3v) is 6.38. The number of aliphatic hydroxyl groups excluding tert-OH is 1. The van der Waals surface area contributed by atoms with E-state index >= 15 is 0 Å². The Hall–Kier alpha value is -3.52. The van der Waals surface area contributed by atoms with E-state index in [0.717, 1.165) is 18.4 Å². The highest BCUT2D eigenvalue weighted by atomic mass is 16.5. The fraction of sp³-hybridized carbons (Fsp3) is 0.407. The number of carbonyl (C=O) groups is 2. The van der Waals surface area contributed by atoms with Gasteiger partial charge in [0.1, 0.15) is 11.5 Å². The van der Waals surface area contributed by atoms with E-state index in [1.807, 2.05) is 19.9 Å². The lowest BCUT2D eigenvalue weighted by Gasteiger charge is -2.28. The van der Waals surface area contributed by atoms with Crippen molar-refractivity contribution in [3.8, 4) is 17.2 Å². The van der Waals surface area contributed by atoms with Gasteiger partial charge in [-0.25, -0.2) is 0 Å². The molecule has 1 amide bonds. The molecule has 2 atom stereocenters. The number of nitrogens with zero attached hydrogens (tertiary/aromatic N) is 1. The minimum absolute atomic E-state index is 0.00288. The summed E-state index contributed by atoms with van der Waals surface area (Å²) < 4.78 is 22.4. The highest BCUT2D eigenvalue weighted by Crippen LogP contribution is 2.43. The van der Waals surface area contributed by atoms with Crippen molar-refractivity contribution in [3.63, 3.8) is 0 Å². The summed E-state index contributed by atoms with van der Waals surface area (Å²) in [5.74, 6) is -0.276. The van der Waals surface area contributed by atoms with Gasteiger partial charge in [-0.1, -0.05) is 17.7 Å². The molecule has 0 bridgehead atoms. The Morgan fingerprint density at radius 1 is 1.09 bits per heavy atom. The highest BCUT2D eigenvalue weighted by molar-refractivity contribution is 6.46. The molecule has 8 heteroatoms. The van der Waals surface area contributed by atoms with E-state index in [4.69, 9.17) is 18.9 Å². The second-order valence-electron chi connectivity index (χ2n) is 8.63. The number of amides is 1. The van der Waals surface area contributed by atoms with E-state index in [9.17, 15) is 14.7 Å². The van der Waals surface area contributed by atoms with Gasteiger partial charge in [0.05, 0.1) is 44.1 Å². The molecule has 1 N–H and O–H groups in total. The third-order valence-electron chi connectivity index (χ3n) is 6.38. The quantitative estimate of drug-likeness (QED) is 0.346. The molecule has 2 aliphatic heterocycles. The molecule has 4 rings (SSSR count). The molecule has 2 aromatic carbocycles. The molecule has 2 unspecified atom stereocenters. The van der Waals surface area contributed by atoms with Gasteiger partial charge in [0.15, 0.2) is 11.5 Å². The number of methoxy groups -OCH3 is 2. The van der Waals surface area contributed by atoms with Crippen molar-refractivity contribution >= 4 is 17.4 Å². The molecule has 2 fully saturated rings. The summed E-state index contributed by atoms with van der Waals surface area (Å²) in [4.78, 5) is 28.1. The molecule has 8 nitrogen and oxygen atoms in total. The van der Waals surface area contributed by atoms with Gasteiger partial charge in [0, 0.05) is 13.2 Å². The fourth-order valence-corrected chi connectivity index (χ4v) is 4.70. The van der Waals surface area contributed by atoms with Gasteiger partial charge in [-0.05, 0) is 56.5 Å². The molecule has 35 heavy (non-hydrogen) atoms. The summed E-state index contributed by atoms with van der Waals surface area (Å²) in [5.41, 5.74) is 1.85. The maximum atomic E-state index is 13.3. The summed E-state index contributed by atoms with van der Waals surface area (Å²) in [6.07, 6.45) is 1.53. The van der Waals surface area contributed by atoms with Crippen molar-refractivity contribution < 1.29 is 33.6 Å². The van der Waals surface area contributed by atoms with Crippen molar-refractivity contribution in [3.05, 3.63) is 58.7 Å². The zero-order chi connectivity index (χ0) is 25.1. The second-order valence-corrected chi connectivity index (χ2v) is 8.63. The minimum atomic E-state index is -0.825. The maximum Gasteiger partial charge on any atom is 0.295 e. The minimum Gasteiger partial charge on any atom is -0.507 e. The van der Waals surface area contributed by atoms with Crippen molar-refractivity contribution in [2.24, 2.45) is 0 Å². The Morgan fingerprint density at radius 3 is 2.49 bits per heavy atom. The summed E-state index contributed by atoms with van der Waals surface area (Å²) >= 11 is 0. The van der Waals surface area contributed by atoms with E-state index in [-0.39, 0.29) is 24.0 Å². The first-order chi connectivity index (χ1) is 16.9. The average Bonchev–Trinajstić information content (AvgIpc) is 3.46. The molecule has 2 saturated heterocycles. The van der Waals surface area contributed by atoms with Gasteiger partial charge in [-0.15, -0.1) is 0 Å². The molecule has 2 aromatic rings. The normalized spacial score (nSPS) is 21.4. The number of rotatable bonds is 8. The Kier molecular flexibility index (Phi) is 7.31. The Morgan fingerprint density at radius 2 is 1.83 bits per heavy atom. The van der Waals surface area contributed by atoms with Gasteiger partial charge in [0.2, 0.25) is 0 Å². The number of ketones is 1. The monoisotopic (exact) mass is 481 g/mol. The summed E-state index contributed by atoms with van der Waals surface area (Å²) in [5, 5.41) is 11.4. The first-order valence-electron chi connectivity index (χ1n) is 11.7. The molecule has 186 valence electrons. The lowest BCUT2D eigenvalue weighted by molar-refractivity contribution is -0.140. The SMILES string of the molecule is CCOc1ccc(C2/C(=C(\O)c3cc(C)ccc3OC)C(=O)C(=O)N2CC2CCCO2)cc1OC. The van der Waals surface area contributed by atoms with Crippen molar-refractivity contribution in [1.29, 1.82) is 0 Å². The predicted octanol–water partition coefficient (Wildman–Crippen LogP) is 4.01. The average molecular weight is 482 g/mol. The molecule has 0 radical (unpaired) electrons.